The standard InChI is InChI=1S/3C22H46N.H3O4P/c3*1-4-5-6-7-15-18-21-23(2,3)22-19-16-13-11-9-8-10-12-14-17-20-22;1-5(2,3)4/h3*22H,4-21H2,1-3H3;(H3,1,2,3,4)/q3*+1;/p-3. The van der Waals surface area contributed by atoms with Crippen LogP contribution >= 0.6 is 7.82 Å². The highest BCUT2D eigenvalue weighted by Gasteiger charge is 2.29. The molecule has 74 heavy (non-hydrogen) atoms. The zero-order chi connectivity index (χ0) is 54.9. The van der Waals surface area contributed by atoms with Crippen molar-refractivity contribution in [3.63, 3.8) is 0 Å². The summed E-state index contributed by atoms with van der Waals surface area (Å²) in [4.78, 5) is 25.6. The number of hydrogen-bond acceptors (Lipinski definition) is 4. The molecule has 0 N–H and O–H groups in total. The fourth-order valence-electron chi connectivity index (χ4n) is 13.0. The van der Waals surface area contributed by atoms with Crippen LogP contribution in [-0.2, 0) is 4.57 Å². The largest absolute Gasteiger partial charge is 0.822 e. The number of unbranched alkanes of at least 4 members (excludes halogenated alkanes) is 15. The van der Waals surface area contributed by atoms with Gasteiger partial charge < -0.3 is 32.7 Å². The van der Waals surface area contributed by atoms with Crippen LogP contribution in [0.4, 0.5) is 0 Å². The number of nitrogens with zero attached hydrogens (tertiary/aromatic N) is 3. The molecule has 3 saturated carbocycles. The maximum atomic E-state index is 8.55. The van der Waals surface area contributed by atoms with Crippen LogP contribution in [0.15, 0.2) is 0 Å². The molecule has 0 amide bonds. The van der Waals surface area contributed by atoms with E-state index in [4.69, 9.17) is 19.2 Å². The third-order valence-corrected chi connectivity index (χ3v) is 18.5. The molecule has 0 atom stereocenters. The first-order chi connectivity index (χ1) is 35.5. The van der Waals surface area contributed by atoms with Gasteiger partial charge in [0.1, 0.15) is 0 Å². The van der Waals surface area contributed by atoms with Gasteiger partial charge in [0, 0.05) is 0 Å². The Labute approximate surface area is 466 Å². The first kappa shape index (κ1) is 74.0. The molecule has 0 spiro atoms. The minimum atomic E-state index is -5.39. The van der Waals surface area contributed by atoms with Crippen molar-refractivity contribution >= 4 is 7.82 Å². The second kappa shape index (κ2) is 50.0. The molecule has 3 aliphatic carbocycles. The maximum absolute atomic E-state index is 8.55. The highest BCUT2D eigenvalue weighted by atomic mass is 31.2. The predicted molar refractivity (Wildman–Crippen MR) is 322 cm³/mol. The Hall–Kier alpha value is -0.0100. The number of phosphoric acid groups is 1. The highest BCUT2D eigenvalue weighted by Crippen LogP contribution is 2.28. The molecule has 0 unspecified atom stereocenters. The minimum absolute atomic E-state index is 0.921. The van der Waals surface area contributed by atoms with Crippen LogP contribution < -0.4 is 14.7 Å². The van der Waals surface area contributed by atoms with Crippen LogP contribution in [0.2, 0.25) is 0 Å². The van der Waals surface area contributed by atoms with E-state index in [1.165, 1.54) is 361 Å². The normalized spacial score (nSPS) is 19.4. The van der Waals surface area contributed by atoms with E-state index < -0.39 is 7.82 Å². The molecular weight excluding hydrogens is 930 g/mol. The Morgan fingerprint density at radius 1 is 0.270 bits per heavy atom. The van der Waals surface area contributed by atoms with E-state index in [-0.39, 0.29) is 0 Å². The van der Waals surface area contributed by atoms with Crippen molar-refractivity contribution in [3.05, 3.63) is 0 Å². The summed E-state index contributed by atoms with van der Waals surface area (Å²) in [5, 5.41) is 0. The minimum Gasteiger partial charge on any atom is -0.822 e. The Morgan fingerprint density at radius 3 is 0.568 bits per heavy atom. The van der Waals surface area contributed by atoms with Gasteiger partial charge in [0.2, 0.25) is 0 Å². The summed E-state index contributed by atoms with van der Waals surface area (Å²) in [6.45, 7) is 11.1. The first-order valence-corrected chi connectivity index (χ1v) is 35.2. The van der Waals surface area contributed by atoms with Crippen molar-refractivity contribution in [2.45, 2.75) is 366 Å². The lowest BCUT2D eigenvalue weighted by atomic mass is 9.95. The molecule has 0 aromatic rings. The van der Waals surface area contributed by atoms with Crippen LogP contribution in [0.3, 0.4) is 0 Å². The van der Waals surface area contributed by atoms with Crippen molar-refractivity contribution in [3.8, 4) is 0 Å². The van der Waals surface area contributed by atoms with Gasteiger partial charge in [-0.1, -0.05) is 233 Å². The van der Waals surface area contributed by atoms with Gasteiger partial charge in [-0.25, -0.2) is 0 Å². The highest BCUT2D eigenvalue weighted by molar-refractivity contribution is 7.40. The molecule has 0 radical (unpaired) electrons. The Bertz CT molecular complexity index is 1040. The molecule has 0 saturated heterocycles. The van der Waals surface area contributed by atoms with Gasteiger partial charge in [-0.05, 0) is 116 Å². The van der Waals surface area contributed by atoms with Crippen LogP contribution in [0.5, 0.6) is 0 Å². The SMILES string of the molecule is CCCCCCCC[N+](C)(C)C1CCCCCCCCCCC1.CCCCCCCC[N+](C)(C)C1CCCCCCCCCCC1.CCCCCCCC[N+](C)(C)C1CCCCCCCCCCC1.O=P([O-])([O-])[O-]. The van der Waals surface area contributed by atoms with Gasteiger partial charge in [0.05, 0.1) is 80.0 Å². The summed E-state index contributed by atoms with van der Waals surface area (Å²) in [6, 6.07) is 2.76. The summed E-state index contributed by atoms with van der Waals surface area (Å²) in [5.74, 6) is 0. The van der Waals surface area contributed by atoms with Crippen molar-refractivity contribution in [2.75, 3.05) is 61.9 Å². The maximum Gasteiger partial charge on any atom is 0.0886 e. The lowest BCUT2D eigenvalue weighted by Crippen LogP contribution is -2.49. The van der Waals surface area contributed by atoms with E-state index in [0.717, 1.165) is 18.1 Å². The Balaban J connectivity index is 0.00000103. The third kappa shape index (κ3) is 47.9. The molecular formula is C66H138N3O4P. The van der Waals surface area contributed by atoms with E-state index in [0.29, 0.717) is 0 Å². The molecule has 3 aliphatic rings. The summed E-state index contributed by atoms with van der Waals surface area (Å²) in [6.07, 6.45) is 74.7. The topological polar surface area (TPSA) is 86.2 Å². The number of rotatable bonds is 24. The predicted octanol–water partition coefficient (Wildman–Crippen LogP) is 18.5. The Morgan fingerprint density at radius 2 is 0.405 bits per heavy atom. The van der Waals surface area contributed by atoms with Gasteiger partial charge in [0.15, 0.2) is 0 Å². The van der Waals surface area contributed by atoms with E-state index in [1.54, 1.807) is 0 Å². The van der Waals surface area contributed by atoms with Crippen LogP contribution in [0, 0.1) is 0 Å². The van der Waals surface area contributed by atoms with E-state index in [1.807, 2.05) is 0 Å². The molecule has 0 aromatic carbocycles. The van der Waals surface area contributed by atoms with Gasteiger partial charge in [-0.3, -0.25) is 0 Å². The second-order valence-corrected chi connectivity index (χ2v) is 27.4. The van der Waals surface area contributed by atoms with Gasteiger partial charge in [0.25, 0.3) is 0 Å². The van der Waals surface area contributed by atoms with Crippen LogP contribution in [0.25, 0.3) is 0 Å². The second-order valence-electron chi connectivity index (χ2n) is 26.5. The number of quaternary nitrogens is 3. The van der Waals surface area contributed by atoms with Crippen LogP contribution in [-0.4, -0.2) is 93.5 Å². The quantitative estimate of drug-likeness (QED) is 0.0547. The molecule has 446 valence electrons. The zero-order valence-electron chi connectivity index (χ0n) is 52.3. The summed E-state index contributed by atoms with van der Waals surface area (Å²) in [7, 11) is 9.71. The molecule has 0 aromatic heterocycles. The summed E-state index contributed by atoms with van der Waals surface area (Å²) in [5.41, 5.74) is 0. The summed E-state index contributed by atoms with van der Waals surface area (Å²) >= 11 is 0. The summed E-state index contributed by atoms with van der Waals surface area (Å²) < 4.78 is 12.4. The van der Waals surface area contributed by atoms with Gasteiger partial charge in [-0.2, -0.15) is 7.82 Å². The molecule has 3 fully saturated rings. The fraction of sp³-hybridized carbons (Fsp3) is 1.00. The molecule has 3 rings (SSSR count). The molecule has 0 aliphatic heterocycles. The average molecular weight is 1070 g/mol. The van der Waals surface area contributed by atoms with E-state index >= 15 is 0 Å². The van der Waals surface area contributed by atoms with Crippen molar-refractivity contribution in [1.29, 1.82) is 0 Å². The smallest absolute Gasteiger partial charge is 0.0886 e. The molecule has 8 heteroatoms. The lowest BCUT2D eigenvalue weighted by Gasteiger charge is -2.39. The average Bonchev–Trinajstić information content (AvgIpc) is 3.32. The molecule has 0 bridgehead atoms. The monoisotopic (exact) mass is 1070 g/mol. The van der Waals surface area contributed by atoms with Crippen molar-refractivity contribution in [1.82, 2.24) is 0 Å². The lowest BCUT2D eigenvalue weighted by molar-refractivity contribution is -0.916. The van der Waals surface area contributed by atoms with Crippen molar-refractivity contribution < 1.29 is 32.7 Å². The Kier molecular flexibility index (Phi) is 50.0. The van der Waals surface area contributed by atoms with E-state index in [9.17, 15) is 0 Å². The molecule has 7 nitrogen and oxygen atoms in total. The van der Waals surface area contributed by atoms with Gasteiger partial charge in [-0.15, -0.1) is 0 Å². The van der Waals surface area contributed by atoms with Crippen LogP contribution in [0.1, 0.15) is 348 Å². The number of hydrogen-bond donors (Lipinski definition) is 0. The molecule has 0 heterocycles. The van der Waals surface area contributed by atoms with E-state index in [2.05, 4.69) is 63.1 Å². The third-order valence-electron chi connectivity index (χ3n) is 18.5. The fourth-order valence-corrected chi connectivity index (χ4v) is 13.0. The zero-order valence-corrected chi connectivity index (χ0v) is 53.2. The first-order valence-electron chi connectivity index (χ1n) is 33.7. The van der Waals surface area contributed by atoms with Crippen molar-refractivity contribution in [2.24, 2.45) is 0 Å². The van der Waals surface area contributed by atoms with Gasteiger partial charge >= 0.3 is 0 Å².